The first-order valence-electron chi connectivity index (χ1n) is 14.0. The number of benzene rings is 2. The van der Waals surface area contributed by atoms with Gasteiger partial charge in [0.15, 0.2) is 0 Å². The number of hydrogen-bond acceptors (Lipinski definition) is 8. The largest absolute Gasteiger partial charge is 0.458 e. The van der Waals surface area contributed by atoms with Crippen LogP contribution >= 0.6 is 35.0 Å². The first kappa shape index (κ1) is 33.6. The van der Waals surface area contributed by atoms with Crippen LogP contribution in [0.2, 0.25) is 10.0 Å². The number of nitriles is 1. The van der Waals surface area contributed by atoms with Crippen molar-refractivity contribution in [3.05, 3.63) is 63.6 Å². The highest BCUT2D eigenvalue weighted by Gasteiger charge is 2.64. The Kier molecular flexibility index (Phi) is 10.2. The number of esters is 1. The highest BCUT2D eigenvalue weighted by Crippen LogP contribution is 2.46. The molecule has 2 aliphatic rings. The van der Waals surface area contributed by atoms with Crippen molar-refractivity contribution >= 4 is 64.5 Å². The number of thioether (sulfide) groups is 1. The Morgan fingerprint density at radius 1 is 1.16 bits per heavy atom. The molecule has 2 fully saturated rings. The summed E-state index contributed by atoms with van der Waals surface area (Å²) in [4.78, 5) is 58.6. The zero-order valence-electron chi connectivity index (χ0n) is 25.2. The van der Waals surface area contributed by atoms with Crippen molar-refractivity contribution in [3.8, 4) is 6.07 Å². The molecule has 4 amide bonds. The number of carbonyl (C=O) groups excluding carboxylic acids is 4. The lowest BCUT2D eigenvalue weighted by Gasteiger charge is -2.34. The van der Waals surface area contributed by atoms with Gasteiger partial charge in [0, 0.05) is 36.1 Å². The van der Waals surface area contributed by atoms with Crippen LogP contribution in [0.5, 0.6) is 0 Å². The maximum Gasteiger partial charge on any atom is 0.332 e. The van der Waals surface area contributed by atoms with Crippen LogP contribution < -0.4 is 10.2 Å². The van der Waals surface area contributed by atoms with Gasteiger partial charge in [0.05, 0.1) is 23.9 Å². The van der Waals surface area contributed by atoms with E-state index in [1.54, 1.807) is 68.7 Å². The molecule has 4 rings (SSSR count). The van der Waals surface area contributed by atoms with Crippen LogP contribution in [0.15, 0.2) is 42.5 Å². The Labute approximate surface area is 271 Å². The second kappa shape index (κ2) is 13.4. The zero-order valence-corrected chi connectivity index (χ0v) is 27.6. The fourth-order valence-corrected chi connectivity index (χ4v) is 6.70. The van der Waals surface area contributed by atoms with Crippen molar-refractivity contribution < 1.29 is 23.9 Å². The average molecular weight is 661 g/mol. The van der Waals surface area contributed by atoms with Gasteiger partial charge in [-0.05, 0) is 75.1 Å². The van der Waals surface area contributed by atoms with Gasteiger partial charge in [0.2, 0.25) is 5.91 Å². The fourth-order valence-electron chi connectivity index (χ4n) is 5.71. The van der Waals surface area contributed by atoms with Crippen LogP contribution in [-0.2, 0) is 19.1 Å². The van der Waals surface area contributed by atoms with Gasteiger partial charge < -0.3 is 15.0 Å². The van der Waals surface area contributed by atoms with Crippen molar-refractivity contribution in [2.45, 2.75) is 50.3 Å². The van der Waals surface area contributed by atoms with Gasteiger partial charge in [0.25, 0.3) is 5.91 Å². The molecule has 1 N–H and O–H groups in total. The number of ether oxygens (including phenoxy) is 1. The molecular formula is C31H35Cl2N5O5S. The average Bonchev–Trinajstić information content (AvgIpc) is 3.40. The maximum absolute atomic E-state index is 14.4. The number of halogens is 2. The lowest BCUT2D eigenvalue weighted by atomic mass is 9.80. The predicted molar refractivity (Wildman–Crippen MR) is 171 cm³/mol. The van der Waals surface area contributed by atoms with E-state index in [0.29, 0.717) is 17.7 Å². The Morgan fingerprint density at radius 3 is 2.36 bits per heavy atom. The standard InChI is InChI=1S/C31H35Cl2N5O5S/c1-30(2,3)43-27(40)25(10-11-44-5)35-26(39)17-37-16-24(20-8-6-19(15-34)7-9-20)31(18-37)28(41)38(29(42)36(31)4)23-13-21(32)12-22(33)14-23/h6-9,12-14,24-25H,10-11,16-18H2,1-5H3,(H,35,39)/t24-,25?,31+/m0/s1. The minimum Gasteiger partial charge on any atom is -0.458 e. The Hall–Kier alpha value is -3.30. The first-order valence-corrected chi connectivity index (χ1v) is 16.2. The fraction of sp³-hybridized carbons (Fsp3) is 0.452. The van der Waals surface area contributed by atoms with Gasteiger partial charge in [0.1, 0.15) is 17.2 Å². The van der Waals surface area contributed by atoms with E-state index < -0.39 is 46.9 Å². The van der Waals surface area contributed by atoms with E-state index >= 15 is 0 Å². The number of rotatable bonds is 9. The topological polar surface area (TPSA) is 123 Å². The molecule has 2 aromatic carbocycles. The molecule has 234 valence electrons. The molecule has 2 saturated heterocycles. The zero-order chi connectivity index (χ0) is 32.4. The summed E-state index contributed by atoms with van der Waals surface area (Å²) in [5, 5.41) is 12.7. The van der Waals surface area contributed by atoms with Crippen LogP contribution in [0.4, 0.5) is 10.5 Å². The van der Waals surface area contributed by atoms with E-state index in [0.717, 1.165) is 10.5 Å². The van der Waals surface area contributed by atoms with E-state index in [4.69, 9.17) is 27.9 Å². The van der Waals surface area contributed by atoms with Crippen LogP contribution in [0.1, 0.15) is 44.2 Å². The quantitative estimate of drug-likeness (QED) is 0.304. The van der Waals surface area contributed by atoms with E-state index in [2.05, 4.69) is 11.4 Å². The number of likely N-dealkylation sites (tertiary alicyclic amines) is 1. The van der Waals surface area contributed by atoms with E-state index in [1.165, 1.54) is 23.1 Å². The molecule has 2 aliphatic heterocycles. The summed E-state index contributed by atoms with van der Waals surface area (Å²) in [6.07, 6.45) is 2.31. The maximum atomic E-state index is 14.4. The van der Waals surface area contributed by atoms with Gasteiger partial charge in [-0.2, -0.15) is 17.0 Å². The smallest absolute Gasteiger partial charge is 0.332 e. The third-order valence-electron chi connectivity index (χ3n) is 7.68. The van der Waals surface area contributed by atoms with E-state index in [1.807, 2.05) is 6.26 Å². The molecule has 2 heterocycles. The monoisotopic (exact) mass is 659 g/mol. The molecule has 0 bridgehead atoms. The predicted octanol–water partition coefficient (Wildman–Crippen LogP) is 4.68. The summed E-state index contributed by atoms with van der Waals surface area (Å²) in [6.45, 7) is 5.49. The molecule has 13 heteroatoms. The number of urea groups is 1. The number of nitrogens with one attached hydrogen (secondary N) is 1. The van der Waals surface area contributed by atoms with Crippen molar-refractivity contribution in [2.24, 2.45) is 0 Å². The highest BCUT2D eigenvalue weighted by atomic mass is 35.5. The Balaban J connectivity index is 1.65. The summed E-state index contributed by atoms with van der Waals surface area (Å²) in [7, 11) is 1.56. The summed E-state index contributed by atoms with van der Waals surface area (Å²) < 4.78 is 5.54. The second-order valence-corrected chi connectivity index (χ2v) is 13.8. The lowest BCUT2D eigenvalue weighted by molar-refractivity contribution is -0.158. The summed E-state index contributed by atoms with van der Waals surface area (Å²) in [6, 6.07) is 12.1. The third kappa shape index (κ3) is 6.99. The number of imide groups is 1. The van der Waals surface area contributed by atoms with Gasteiger partial charge in [-0.3, -0.25) is 14.5 Å². The van der Waals surface area contributed by atoms with E-state index in [-0.39, 0.29) is 35.4 Å². The summed E-state index contributed by atoms with van der Waals surface area (Å²) in [5.74, 6) is -1.30. The molecule has 0 radical (unpaired) electrons. The molecule has 0 saturated carbocycles. The van der Waals surface area contributed by atoms with E-state index in [9.17, 15) is 24.4 Å². The highest BCUT2D eigenvalue weighted by molar-refractivity contribution is 7.98. The number of nitrogens with zero attached hydrogens (tertiary/aromatic N) is 4. The van der Waals surface area contributed by atoms with Crippen molar-refractivity contribution in [2.75, 3.05) is 43.6 Å². The van der Waals surface area contributed by atoms with Gasteiger partial charge >= 0.3 is 12.0 Å². The second-order valence-electron chi connectivity index (χ2n) is 11.9. The van der Waals surface area contributed by atoms with Crippen LogP contribution in [-0.4, -0.2) is 89.5 Å². The molecule has 1 spiro atoms. The minimum absolute atomic E-state index is 0.0544. The van der Waals surface area contributed by atoms with Crippen molar-refractivity contribution in [3.63, 3.8) is 0 Å². The molecule has 2 aromatic rings. The summed E-state index contributed by atoms with van der Waals surface area (Å²) >= 11 is 14.0. The Bertz CT molecular complexity index is 1470. The van der Waals surface area contributed by atoms with Crippen LogP contribution in [0.3, 0.4) is 0 Å². The van der Waals surface area contributed by atoms with Crippen LogP contribution in [0.25, 0.3) is 0 Å². The minimum atomic E-state index is -1.37. The number of likely N-dealkylation sites (N-methyl/N-ethyl adjacent to an activating group) is 1. The van der Waals surface area contributed by atoms with Crippen LogP contribution in [0, 0.1) is 11.3 Å². The van der Waals surface area contributed by atoms with Gasteiger partial charge in [-0.15, -0.1) is 0 Å². The molecule has 0 aromatic heterocycles. The SMILES string of the molecule is CSCCC(NC(=O)CN1C[C@@H](c2ccc(C#N)cc2)[C@]2(C1)C(=O)N(c1cc(Cl)cc(Cl)c1)C(=O)N2C)C(=O)OC(C)(C)C. The Morgan fingerprint density at radius 2 is 1.80 bits per heavy atom. The van der Waals surface area contributed by atoms with Gasteiger partial charge in [-0.1, -0.05) is 35.3 Å². The van der Waals surface area contributed by atoms with Crippen molar-refractivity contribution in [1.82, 2.24) is 15.1 Å². The van der Waals surface area contributed by atoms with Crippen molar-refractivity contribution in [1.29, 1.82) is 5.26 Å². The molecular weight excluding hydrogens is 625 g/mol. The normalized spacial score (nSPS) is 21.1. The third-order valence-corrected chi connectivity index (χ3v) is 8.76. The first-order chi connectivity index (χ1) is 20.7. The molecule has 10 nitrogen and oxygen atoms in total. The number of carbonyl (C=O) groups is 4. The molecule has 1 unspecified atom stereocenters. The number of anilines is 1. The molecule has 44 heavy (non-hydrogen) atoms. The lowest BCUT2D eigenvalue weighted by Crippen LogP contribution is -2.54. The number of amides is 4. The number of hydrogen-bond donors (Lipinski definition) is 1. The summed E-state index contributed by atoms with van der Waals surface area (Å²) in [5.41, 5.74) is -0.659. The molecule has 0 aliphatic carbocycles. The molecule has 3 atom stereocenters. The van der Waals surface area contributed by atoms with Gasteiger partial charge in [-0.25, -0.2) is 14.5 Å².